The predicted octanol–water partition coefficient (Wildman–Crippen LogP) is 4.64. The first-order chi connectivity index (χ1) is 13.8. The summed E-state index contributed by atoms with van der Waals surface area (Å²) >= 11 is 0. The molecule has 0 spiro atoms. The van der Waals surface area contributed by atoms with E-state index in [2.05, 4.69) is 53.5 Å². The molecule has 2 aromatic heterocycles. The van der Waals surface area contributed by atoms with Crippen LogP contribution in [0.15, 0.2) is 45.7 Å². The summed E-state index contributed by atoms with van der Waals surface area (Å²) in [5.41, 5.74) is 7.67. The number of hydrogen-bond acceptors (Lipinski definition) is 6. The Morgan fingerprint density at radius 2 is 1.66 bits per heavy atom. The number of hydrogen-bond donors (Lipinski definition) is 2. The molecule has 4 rings (SSSR count). The van der Waals surface area contributed by atoms with Gasteiger partial charge in [-0.2, -0.15) is 4.98 Å². The molecule has 7 nitrogen and oxygen atoms in total. The highest BCUT2D eigenvalue weighted by molar-refractivity contribution is 5.79. The summed E-state index contributed by atoms with van der Waals surface area (Å²) in [4.78, 5) is 20.7. The minimum atomic E-state index is -0.384. The molecule has 2 aromatic carbocycles. The van der Waals surface area contributed by atoms with Crippen LogP contribution in [0.1, 0.15) is 22.3 Å². The van der Waals surface area contributed by atoms with Gasteiger partial charge in [0.15, 0.2) is 5.58 Å². The van der Waals surface area contributed by atoms with Crippen LogP contribution in [0.3, 0.4) is 0 Å². The molecule has 0 bridgehead atoms. The Balaban J connectivity index is 1.63. The van der Waals surface area contributed by atoms with Crippen LogP contribution >= 0.6 is 0 Å². The van der Waals surface area contributed by atoms with E-state index in [0.717, 1.165) is 22.5 Å². The fourth-order valence-corrected chi connectivity index (χ4v) is 3.21. The quantitative estimate of drug-likeness (QED) is 0.529. The summed E-state index contributed by atoms with van der Waals surface area (Å²) in [6.45, 7) is 8.25. The van der Waals surface area contributed by atoms with Crippen LogP contribution in [0, 0.1) is 27.7 Å². The van der Waals surface area contributed by atoms with E-state index in [9.17, 15) is 4.79 Å². The lowest BCUT2D eigenvalue weighted by atomic mass is 10.0. The SMILES string of the molecule is Cc1cnc(Nc2cc(C)c(C)c(C)c2)nc1Nc1ccc2oc(=O)n(C)c2c1. The van der Waals surface area contributed by atoms with Crippen LogP contribution in [-0.4, -0.2) is 14.5 Å². The summed E-state index contributed by atoms with van der Waals surface area (Å²) in [5, 5.41) is 6.60. The van der Waals surface area contributed by atoms with Gasteiger partial charge in [-0.25, -0.2) is 9.78 Å². The first-order valence-corrected chi connectivity index (χ1v) is 9.37. The molecule has 0 saturated carbocycles. The number of fused-ring (bicyclic) bond motifs is 1. The lowest BCUT2D eigenvalue weighted by molar-refractivity contribution is 0.528. The second-order valence-corrected chi connectivity index (χ2v) is 7.32. The molecule has 0 aliphatic rings. The molecule has 0 aliphatic heterocycles. The third kappa shape index (κ3) is 3.59. The molecule has 148 valence electrons. The minimum Gasteiger partial charge on any atom is -0.408 e. The number of oxazole rings is 1. The fraction of sp³-hybridized carbons (Fsp3) is 0.227. The van der Waals surface area contributed by atoms with Crippen molar-refractivity contribution in [1.29, 1.82) is 0 Å². The van der Waals surface area contributed by atoms with Gasteiger partial charge >= 0.3 is 5.76 Å². The largest absolute Gasteiger partial charge is 0.419 e. The molecule has 0 saturated heterocycles. The molecular weight excluding hydrogens is 366 g/mol. The lowest BCUT2D eigenvalue weighted by Gasteiger charge is -2.13. The molecule has 2 heterocycles. The topological polar surface area (TPSA) is 85.0 Å². The Bertz CT molecular complexity index is 1260. The van der Waals surface area contributed by atoms with Crippen molar-refractivity contribution in [3.8, 4) is 0 Å². The minimum absolute atomic E-state index is 0.384. The third-order valence-electron chi connectivity index (χ3n) is 5.21. The Hall–Kier alpha value is -3.61. The van der Waals surface area contributed by atoms with Crippen molar-refractivity contribution in [2.45, 2.75) is 27.7 Å². The smallest absolute Gasteiger partial charge is 0.408 e. The summed E-state index contributed by atoms with van der Waals surface area (Å²) in [6, 6.07) is 9.67. The van der Waals surface area contributed by atoms with Gasteiger partial charge in [-0.15, -0.1) is 0 Å². The van der Waals surface area contributed by atoms with Gasteiger partial charge in [0.25, 0.3) is 0 Å². The van der Waals surface area contributed by atoms with Crippen molar-refractivity contribution in [3.05, 3.63) is 69.3 Å². The maximum atomic E-state index is 11.7. The molecule has 0 unspecified atom stereocenters. The fourth-order valence-electron chi connectivity index (χ4n) is 3.21. The second kappa shape index (κ2) is 7.09. The normalized spacial score (nSPS) is 11.1. The van der Waals surface area contributed by atoms with Crippen LogP contribution in [0.4, 0.5) is 23.1 Å². The molecule has 0 aliphatic carbocycles. The van der Waals surface area contributed by atoms with Crippen LogP contribution in [0.5, 0.6) is 0 Å². The third-order valence-corrected chi connectivity index (χ3v) is 5.21. The number of aryl methyl sites for hydroxylation is 4. The summed E-state index contributed by atoms with van der Waals surface area (Å²) in [7, 11) is 1.68. The number of benzene rings is 2. The Kier molecular flexibility index (Phi) is 4.58. The van der Waals surface area contributed by atoms with Crippen molar-refractivity contribution < 1.29 is 4.42 Å². The highest BCUT2D eigenvalue weighted by atomic mass is 16.4. The first-order valence-electron chi connectivity index (χ1n) is 9.37. The van der Waals surface area contributed by atoms with E-state index < -0.39 is 0 Å². The van der Waals surface area contributed by atoms with Crippen LogP contribution in [0.2, 0.25) is 0 Å². The molecule has 0 atom stereocenters. The maximum Gasteiger partial charge on any atom is 0.419 e. The summed E-state index contributed by atoms with van der Waals surface area (Å²) < 4.78 is 6.66. The number of rotatable bonds is 4. The van der Waals surface area contributed by atoms with Gasteiger partial charge in [-0.3, -0.25) is 4.57 Å². The van der Waals surface area contributed by atoms with E-state index in [1.165, 1.54) is 21.3 Å². The van der Waals surface area contributed by atoms with E-state index >= 15 is 0 Å². The molecule has 0 fully saturated rings. The van der Waals surface area contributed by atoms with Crippen molar-refractivity contribution in [1.82, 2.24) is 14.5 Å². The van der Waals surface area contributed by atoms with Crippen molar-refractivity contribution >= 4 is 34.2 Å². The second-order valence-electron chi connectivity index (χ2n) is 7.32. The Morgan fingerprint density at radius 3 is 2.38 bits per heavy atom. The Morgan fingerprint density at radius 1 is 0.931 bits per heavy atom. The average molecular weight is 389 g/mol. The standard InChI is InChI=1S/C22H23N5O2/c1-12-8-17(9-13(2)15(12)4)25-21-23-11-14(3)20(26-21)24-16-6-7-19-18(10-16)27(5)22(28)29-19/h6-11H,1-5H3,(H2,23,24,25,26). The monoisotopic (exact) mass is 389 g/mol. The zero-order valence-electron chi connectivity index (χ0n) is 17.1. The summed E-state index contributed by atoms with van der Waals surface area (Å²) in [5.74, 6) is 0.819. The highest BCUT2D eigenvalue weighted by Crippen LogP contribution is 2.25. The van der Waals surface area contributed by atoms with E-state index in [1.807, 2.05) is 19.1 Å². The molecule has 0 radical (unpaired) electrons. The molecule has 7 heteroatoms. The molecule has 29 heavy (non-hydrogen) atoms. The van der Waals surface area contributed by atoms with Gasteiger partial charge in [-0.05, 0) is 74.7 Å². The van der Waals surface area contributed by atoms with Crippen molar-refractivity contribution in [3.63, 3.8) is 0 Å². The zero-order valence-corrected chi connectivity index (χ0v) is 17.1. The lowest BCUT2D eigenvalue weighted by Crippen LogP contribution is -2.08. The molecule has 0 amide bonds. The van der Waals surface area contributed by atoms with E-state index in [1.54, 1.807) is 19.3 Å². The number of nitrogens with one attached hydrogen (secondary N) is 2. The first kappa shape index (κ1) is 18.7. The van der Waals surface area contributed by atoms with Gasteiger partial charge in [-0.1, -0.05) is 0 Å². The number of aromatic nitrogens is 3. The maximum absolute atomic E-state index is 11.7. The van der Waals surface area contributed by atoms with Gasteiger partial charge in [0, 0.05) is 30.2 Å². The Labute approximate surface area is 168 Å². The van der Waals surface area contributed by atoms with Crippen molar-refractivity contribution in [2.24, 2.45) is 7.05 Å². The van der Waals surface area contributed by atoms with E-state index in [0.29, 0.717) is 17.3 Å². The molecule has 2 N–H and O–H groups in total. The van der Waals surface area contributed by atoms with Gasteiger partial charge in [0.2, 0.25) is 5.95 Å². The number of anilines is 4. The zero-order chi connectivity index (χ0) is 20.7. The summed E-state index contributed by atoms with van der Waals surface area (Å²) in [6.07, 6.45) is 1.78. The molecular formula is C22H23N5O2. The predicted molar refractivity (Wildman–Crippen MR) is 115 cm³/mol. The van der Waals surface area contributed by atoms with Gasteiger partial charge in [0.1, 0.15) is 5.82 Å². The highest BCUT2D eigenvalue weighted by Gasteiger charge is 2.10. The van der Waals surface area contributed by atoms with Crippen LogP contribution in [0.25, 0.3) is 11.1 Å². The number of nitrogens with zero attached hydrogens (tertiary/aromatic N) is 3. The van der Waals surface area contributed by atoms with Crippen LogP contribution in [-0.2, 0) is 7.05 Å². The van der Waals surface area contributed by atoms with Crippen LogP contribution < -0.4 is 16.4 Å². The van der Waals surface area contributed by atoms with Gasteiger partial charge < -0.3 is 15.1 Å². The van der Waals surface area contributed by atoms with Gasteiger partial charge in [0.05, 0.1) is 5.52 Å². The van der Waals surface area contributed by atoms with E-state index in [-0.39, 0.29) is 5.76 Å². The average Bonchev–Trinajstić information content (AvgIpc) is 2.96. The van der Waals surface area contributed by atoms with Crippen molar-refractivity contribution in [2.75, 3.05) is 10.6 Å². The molecule has 4 aromatic rings. The van der Waals surface area contributed by atoms with E-state index in [4.69, 9.17) is 4.42 Å².